The molecule has 1 saturated carbocycles. The molecule has 3 rings (SSSR count). The molecule has 1 heterocycles. The van der Waals surface area contributed by atoms with Gasteiger partial charge in [-0.1, -0.05) is 0 Å². The number of nitrogens with zero attached hydrogens (tertiary/aromatic N) is 2. The van der Waals surface area contributed by atoms with E-state index < -0.39 is 0 Å². The van der Waals surface area contributed by atoms with Crippen molar-refractivity contribution in [2.45, 2.75) is 18.9 Å². The minimum Gasteiger partial charge on any atom is -0.365 e. The lowest BCUT2D eigenvalue weighted by atomic mass is 10.1. The monoisotopic (exact) mass is 268 g/mol. The fraction of sp³-hybridized carbons (Fsp3) is 0.462. The number of amides is 1. The molecular formula is C13H14ClFN2O. The van der Waals surface area contributed by atoms with Gasteiger partial charge in [-0.3, -0.25) is 4.79 Å². The molecule has 18 heavy (non-hydrogen) atoms. The summed E-state index contributed by atoms with van der Waals surface area (Å²) in [4.78, 5) is 15.6. The summed E-state index contributed by atoms with van der Waals surface area (Å²) in [6, 6.07) is 5.19. The molecule has 0 radical (unpaired) electrons. The maximum Gasteiger partial charge on any atom is 0.242 e. The number of hydrogen-bond acceptors (Lipinski definition) is 2. The molecule has 0 saturated heterocycles. The molecule has 3 nitrogen and oxygen atoms in total. The molecule has 1 aliphatic heterocycles. The van der Waals surface area contributed by atoms with E-state index in [0.717, 1.165) is 12.2 Å². The molecule has 96 valence electrons. The number of carbonyl (C=O) groups is 1. The first-order valence-electron chi connectivity index (χ1n) is 6.13. The first-order chi connectivity index (χ1) is 8.70. The summed E-state index contributed by atoms with van der Waals surface area (Å²) in [6.45, 7) is 1.38. The van der Waals surface area contributed by atoms with Crippen molar-refractivity contribution in [1.82, 2.24) is 0 Å². The molecule has 1 aromatic rings. The Balaban J connectivity index is 2.01. The highest BCUT2D eigenvalue weighted by Gasteiger charge is 2.35. The molecule has 1 fully saturated rings. The molecule has 1 aliphatic carbocycles. The van der Waals surface area contributed by atoms with Gasteiger partial charge in [0.1, 0.15) is 11.7 Å². The number of anilines is 2. The number of benzene rings is 1. The molecule has 0 spiro atoms. The Morgan fingerprint density at radius 1 is 1.33 bits per heavy atom. The van der Waals surface area contributed by atoms with Crippen LogP contribution in [0.1, 0.15) is 12.8 Å². The van der Waals surface area contributed by atoms with Crippen LogP contribution in [0.5, 0.6) is 0 Å². The summed E-state index contributed by atoms with van der Waals surface area (Å²) in [5, 5.41) is 0. The summed E-state index contributed by atoms with van der Waals surface area (Å²) in [6.07, 6.45) is 2.36. The van der Waals surface area contributed by atoms with E-state index in [9.17, 15) is 9.18 Å². The Hall–Kier alpha value is -1.29. The van der Waals surface area contributed by atoms with Crippen molar-refractivity contribution >= 4 is 28.9 Å². The Morgan fingerprint density at radius 3 is 2.78 bits per heavy atom. The van der Waals surface area contributed by atoms with E-state index in [-0.39, 0.29) is 17.6 Å². The lowest BCUT2D eigenvalue weighted by molar-refractivity contribution is -0.116. The van der Waals surface area contributed by atoms with Gasteiger partial charge in [0.25, 0.3) is 0 Å². The van der Waals surface area contributed by atoms with Crippen molar-refractivity contribution in [1.29, 1.82) is 0 Å². The Labute approximate surface area is 110 Å². The summed E-state index contributed by atoms with van der Waals surface area (Å²) in [5.41, 5.74) is 1.60. The van der Waals surface area contributed by atoms with Gasteiger partial charge in [-0.15, -0.1) is 11.6 Å². The van der Waals surface area contributed by atoms with Crippen molar-refractivity contribution in [2.75, 3.05) is 28.8 Å². The third kappa shape index (κ3) is 1.94. The Bertz CT molecular complexity index is 490. The van der Waals surface area contributed by atoms with Gasteiger partial charge < -0.3 is 9.80 Å². The molecular weight excluding hydrogens is 255 g/mol. The van der Waals surface area contributed by atoms with Crippen LogP contribution >= 0.6 is 11.6 Å². The predicted octanol–water partition coefficient (Wildman–Crippen LogP) is 2.38. The van der Waals surface area contributed by atoms with Gasteiger partial charge in [-0.05, 0) is 31.0 Å². The highest BCUT2D eigenvalue weighted by atomic mass is 35.5. The van der Waals surface area contributed by atoms with E-state index in [2.05, 4.69) is 4.90 Å². The van der Waals surface area contributed by atoms with Gasteiger partial charge in [0.15, 0.2) is 0 Å². The van der Waals surface area contributed by atoms with Crippen molar-refractivity contribution in [3.63, 3.8) is 0 Å². The van der Waals surface area contributed by atoms with Crippen LogP contribution in [0.25, 0.3) is 0 Å². The topological polar surface area (TPSA) is 23.6 Å². The van der Waals surface area contributed by atoms with Crippen LogP contribution in [0.2, 0.25) is 0 Å². The second-order valence-electron chi connectivity index (χ2n) is 4.74. The average Bonchev–Trinajstić information content (AvgIpc) is 3.20. The van der Waals surface area contributed by atoms with E-state index in [1.807, 2.05) is 0 Å². The van der Waals surface area contributed by atoms with Crippen LogP contribution in [0.15, 0.2) is 18.2 Å². The van der Waals surface area contributed by atoms with E-state index in [1.165, 1.54) is 25.0 Å². The minimum absolute atomic E-state index is 0.0701. The van der Waals surface area contributed by atoms with Crippen molar-refractivity contribution < 1.29 is 9.18 Å². The van der Waals surface area contributed by atoms with Crippen LogP contribution in [-0.4, -0.2) is 30.9 Å². The van der Waals surface area contributed by atoms with Gasteiger partial charge in [-0.25, -0.2) is 4.39 Å². The van der Waals surface area contributed by atoms with Crippen LogP contribution in [-0.2, 0) is 4.79 Å². The molecule has 5 heteroatoms. The highest BCUT2D eigenvalue weighted by Crippen LogP contribution is 2.40. The van der Waals surface area contributed by atoms with Crippen LogP contribution < -0.4 is 9.80 Å². The third-order valence-corrected chi connectivity index (χ3v) is 3.73. The predicted molar refractivity (Wildman–Crippen MR) is 69.8 cm³/mol. The fourth-order valence-electron chi connectivity index (χ4n) is 2.50. The SMILES string of the molecule is O=C(CCl)N1CCN(C2CC2)c2ccc(F)cc21. The van der Waals surface area contributed by atoms with Crippen molar-refractivity contribution in [3.8, 4) is 0 Å². The number of fused-ring (bicyclic) bond motifs is 1. The van der Waals surface area contributed by atoms with Crippen LogP contribution in [0, 0.1) is 5.82 Å². The van der Waals surface area contributed by atoms with E-state index in [1.54, 1.807) is 11.0 Å². The Kier molecular flexibility index (Phi) is 2.90. The number of rotatable bonds is 2. The van der Waals surface area contributed by atoms with Gasteiger partial charge in [-0.2, -0.15) is 0 Å². The zero-order valence-electron chi connectivity index (χ0n) is 9.90. The maximum atomic E-state index is 13.4. The standard InChI is InChI=1S/C13H14ClFN2O/c14-8-13(18)17-6-5-16(10-2-3-10)11-4-1-9(15)7-12(11)17/h1,4,7,10H,2-3,5-6,8H2. The third-order valence-electron chi connectivity index (χ3n) is 3.51. The molecule has 0 atom stereocenters. The van der Waals surface area contributed by atoms with E-state index in [0.29, 0.717) is 18.3 Å². The quantitative estimate of drug-likeness (QED) is 0.769. The van der Waals surface area contributed by atoms with Crippen LogP contribution in [0.4, 0.5) is 15.8 Å². The summed E-state index contributed by atoms with van der Waals surface area (Å²) >= 11 is 5.60. The number of carbonyl (C=O) groups excluding carboxylic acids is 1. The zero-order valence-corrected chi connectivity index (χ0v) is 10.7. The van der Waals surface area contributed by atoms with Gasteiger partial charge in [0.2, 0.25) is 5.91 Å². The zero-order chi connectivity index (χ0) is 12.7. The molecule has 0 unspecified atom stereocenters. The first kappa shape index (κ1) is 11.8. The van der Waals surface area contributed by atoms with Gasteiger partial charge in [0, 0.05) is 19.1 Å². The first-order valence-corrected chi connectivity index (χ1v) is 6.66. The summed E-state index contributed by atoms with van der Waals surface area (Å²) in [7, 11) is 0. The van der Waals surface area contributed by atoms with Gasteiger partial charge >= 0.3 is 0 Å². The summed E-state index contributed by atoms with van der Waals surface area (Å²) in [5.74, 6) is -0.558. The highest BCUT2D eigenvalue weighted by molar-refractivity contribution is 6.29. The van der Waals surface area contributed by atoms with Crippen molar-refractivity contribution in [3.05, 3.63) is 24.0 Å². The largest absolute Gasteiger partial charge is 0.365 e. The molecule has 1 aromatic carbocycles. The summed E-state index contributed by atoms with van der Waals surface area (Å²) < 4.78 is 13.4. The lowest BCUT2D eigenvalue weighted by Gasteiger charge is -2.37. The minimum atomic E-state index is -0.321. The normalized spacial score (nSPS) is 18.8. The van der Waals surface area contributed by atoms with Gasteiger partial charge in [0.05, 0.1) is 11.4 Å². The molecule has 2 aliphatic rings. The molecule has 0 N–H and O–H groups in total. The van der Waals surface area contributed by atoms with E-state index in [4.69, 9.17) is 11.6 Å². The van der Waals surface area contributed by atoms with Crippen LogP contribution in [0.3, 0.4) is 0 Å². The smallest absolute Gasteiger partial charge is 0.242 e. The number of hydrogen-bond donors (Lipinski definition) is 0. The fourth-order valence-corrected chi connectivity index (χ4v) is 2.65. The van der Waals surface area contributed by atoms with Crippen molar-refractivity contribution in [2.24, 2.45) is 0 Å². The second kappa shape index (κ2) is 4.43. The second-order valence-corrected chi connectivity index (χ2v) is 5.00. The maximum absolute atomic E-state index is 13.4. The molecule has 1 amide bonds. The Morgan fingerprint density at radius 2 is 2.11 bits per heavy atom. The molecule has 0 aromatic heterocycles. The average molecular weight is 269 g/mol. The number of halogens is 2. The van der Waals surface area contributed by atoms with E-state index >= 15 is 0 Å². The number of alkyl halides is 1. The molecule has 0 bridgehead atoms. The lowest BCUT2D eigenvalue weighted by Crippen LogP contribution is -2.45.